The normalized spacial score (nSPS) is 16.0. The SMILES string of the molecule is COc1nc2ccc(C(O)(c3ccccc3)C3CCN(C(C)=O)CC3)cc2c(Cl)c1Cc1ccc(C(F)(F)F)cc1. The van der Waals surface area contributed by atoms with Gasteiger partial charge in [0.1, 0.15) is 5.60 Å². The van der Waals surface area contributed by atoms with E-state index in [0.717, 1.165) is 17.7 Å². The van der Waals surface area contributed by atoms with Crippen molar-refractivity contribution in [3.05, 3.63) is 106 Å². The highest BCUT2D eigenvalue weighted by atomic mass is 35.5. The van der Waals surface area contributed by atoms with Gasteiger partial charge in [0.15, 0.2) is 0 Å². The first kappa shape index (κ1) is 28.9. The molecule has 1 fully saturated rings. The predicted molar refractivity (Wildman–Crippen MR) is 152 cm³/mol. The number of carbonyl (C=O) groups excluding carboxylic acids is 1. The third-order valence-corrected chi connectivity index (χ3v) is 8.45. The Morgan fingerprint density at radius 3 is 2.22 bits per heavy atom. The predicted octanol–water partition coefficient (Wildman–Crippen LogP) is 7.00. The van der Waals surface area contributed by atoms with Crippen LogP contribution in [0.2, 0.25) is 5.02 Å². The number of aliphatic hydroxyl groups is 1. The Balaban J connectivity index is 1.58. The first-order chi connectivity index (χ1) is 19.5. The molecule has 5 nitrogen and oxygen atoms in total. The van der Waals surface area contributed by atoms with Gasteiger partial charge in [-0.1, -0.05) is 60.1 Å². The van der Waals surface area contributed by atoms with Gasteiger partial charge in [0, 0.05) is 37.4 Å². The van der Waals surface area contributed by atoms with Crippen LogP contribution in [0.3, 0.4) is 0 Å². The molecule has 3 aromatic carbocycles. The molecule has 1 aliphatic heterocycles. The standard InChI is InChI=1S/C32H30ClF3N2O3/c1-20(39)38-16-14-23(15-17-38)31(40,22-6-4-3-5-7-22)25-12-13-28-26(19-25)29(33)27(30(37-28)41-2)18-21-8-10-24(11-9-21)32(34,35)36/h3-13,19,23,40H,14-18H2,1-2H3. The molecule has 9 heteroatoms. The van der Waals surface area contributed by atoms with E-state index in [-0.39, 0.29) is 24.1 Å². The van der Waals surface area contributed by atoms with Crippen molar-refractivity contribution in [1.29, 1.82) is 0 Å². The van der Waals surface area contributed by atoms with Crippen LogP contribution in [0.15, 0.2) is 72.8 Å². The fourth-order valence-electron chi connectivity index (χ4n) is 5.76. The highest BCUT2D eigenvalue weighted by Crippen LogP contribution is 2.44. The van der Waals surface area contributed by atoms with Crippen LogP contribution in [0.5, 0.6) is 5.88 Å². The summed E-state index contributed by atoms with van der Waals surface area (Å²) >= 11 is 6.96. The maximum atomic E-state index is 13.1. The minimum Gasteiger partial charge on any atom is -0.481 e. The molecular formula is C32H30ClF3N2O3. The van der Waals surface area contributed by atoms with Gasteiger partial charge >= 0.3 is 6.18 Å². The molecule has 0 aliphatic carbocycles. The Bertz CT molecular complexity index is 1550. The van der Waals surface area contributed by atoms with E-state index < -0.39 is 17.3 Å². The van der Waals surface area contributed by atoms with Crippen molar-refractivity contribution in [1.82, 2.24) is 9.88 Å². The number of pyridine rings is 1. The van der Waals surface area contributed by atoms with Crippen molar-refractivity contribution >= 4 is 28.4 Å². The zero-order chi connectivity index (χ0) is 29.4. The summed E-state index contributed by atoms with van der Waals surface area (Å²) in [5.74, 6) is 0.143. The van der Waals surface area contributed by atoms with Crippen molar-refractivity contribution in [3.8, 4) is 5.88 Å². The number of fused-ring (bicyclic) bond motifs is 1. The molecule has 5 rings (SSSR count). The average molecular weight is 583 g/mol. The average Bonchev–Trinajstić information content (AvgIpc) is 2.98. The molecule has 214 valence electrons. The molecule has 1 aliphatic rings. The molecule has 41 heavy (non-hydrogen) atoms. The van der Waals surface area contributed by atoms with E-state index in [0.29, 0.717) is 58.5 Å². The van der Waals surface area contributed by atoms with E-state index in [9.17, 15) is 23.1 Å². The van der Waals surface area contributed by atoms with Gasteiger partial charge in [0.05, 0.1) is 23.2 Å². The van der Waals surface area contributed by atoms with E-state index in [1.54, 1.807) is 17.9 Å². The summed E-state index contributed by atoms with van der Waals surface area (Å²) in [4.78, 5) is 18.4. The Morgan fingerprint density at radius 2 is 1.63 bits per heavy atom. The summed E-state index contributed by atoms with van der Waals surface area (Å²) < 4.78 is 44.7. The molecule has 2 heterocycles. The Morgan fingerprint density at radius 1 is 1.00 bits per heavy atom. The number of carbonyl (C=O) groups is 1. The van der Waals surface area contributed by atoms with Crippen LogP contribution in [0, 0.1) is 5.92 Å². The summed E-state index contributed by atoms with van der Waals surface area (Å²) in [6.07, 6.45) is -2.97. The van der Waals surface area contributed by atoms with Crippen LogP contribution in [-0.4, -0.2) is 41.1 Å². The van der Waals surface area contributed by atoms with Gasteiger partial charge in [0.25, 0.3) is 0 Å². The topological polar surface area (TPSA) is 62.7 Å². The van der Waals surface area contributed by atoms with Gasteiger partial charge < -0.3 is 14.7 Å². The van der Waals surface area contributed by atoms with Crippen LogP contribution in [0.4, 0.5) is 13.2 Å². The molecule has 4 aromatic rings. The lowest BCUT2D eigenvalue weighted by atomic mass is 9.72. The smallest absolute Gasteiger partial charge is 0.416 e. The fraction of sp³-hybridized carbons (Fsp3) is 0.312. The molecule has 1 unspecified atom stereocenters. The summed E-state index contributed by atoms with van der Waals surface area (Å²) in [5, 5.41) is 13.4. The molecule has 1 atom stereocenters. The van der Waals surface area contributed by atoms with Crippen molar-refractivity contribution in [3.63, 3.8) is 0 Å². The number of ether oxygens (including phenoxy) is 1. The summed E-state index contributed by atoms with van der Waals surface area (Å²) in [6, 6.07) is 19.8. The second-order valence-corrected chi connectivity index (χ2v) is 10.8. The second kappa shape index (κ2) is 11.3. The molecule has 1 saturated heterocycles. The molecule has 0 spiro atoms. The third-order valence-electron chi connectivity index (χ3n) is 8.02. The van der Waals surface area contributed by atoms with Gasteiger partial charge in [-0.2, -0.15) is 13.2 Å². The van der Waals surface area contributed by atoms with Gasteiger partial charge in [-0.15, -0.1) is 0 Å². The number of hydrogen-bond donors (Lipinski definition) is 1. The number of benzene rings is 3. The highest BCUT2D eigenvalue weighted by molar-refractivity contribution is 6.36. The maximum Gasteiger partial charge on any atom is 0.416 e. The lowest BCUT2D eigenvalue weighted by Gasteiger charge is -2.42. The number of rotatable bonds is 6. The van der Waals surface area contributed by atoms with E-state index in [4.69, 9.17) is 16.3 Å². The van der Waals surface area contributed by atoms with Gasteiger partial charge in [-0.3, -0.25) is 4.79 Å². The third kappa shape index (κ3) is 5.63. The lowest BCUT2D eigenvalue weighted by Crippen LogP contribution is -2.45. The largest absolute Gasteiger partial charge is 0.481 e. The van der Waals surface area contributed by atoms with Gasteiger partial charge in [-0.05, 0) is 59.7 Å². The fourth-order valence-corrected chi connectivity index (χ4v) is 6.06. The van der Waals surface area contributed by atoms with Crippen LogP contribution >= 0.6 is 11.6 Å². The van der Waals surface area contributed by atoms with E-state index in [2.05, 4.69) is 4.98 Å². The number of aromatic nitrogens is 1. The number of hydrogen-bond acceptors (Lipinski definition) is 4. The Kier molecular flexibility index (Phi) is 7.99. The van der Waals surface area contributed by atoms with Crippen LogP contribution < -0.4 is 4.74 Å². The zero-order valence-corrected chi connectivity index (χ0v) is 23.5. The number of halogens is 4. The number of amides is 1. The first-order valence-corrected chi connectivity index (χ1v) is 13.8. The Labute approximate surface area is 241 Å². The lowest BCUT2D eigenvalue weighted by molar-refractivity contribution is -0.137. The molecule has 0 bridgehead atoms. The van der Waals surface area contributed by atoms with Crippen LogP contribution in [0.25, 0.3) is 10.9 Å². The van der Waals surface area contributed by atoms with Crippen molar-refractivity contribution in [2.75, 3.05) is 20.2 Å². The number of alkyl halides is 3. The van der Waals surface area contributed by atoms with Gasteiger partial charge in [0.2, 0.25) is 11.8 Å². The minimum atomic E-state index is -4.42. The second-order valence-electron chi connectivity index (χ2n) is 10.4. The van der Waals surface area contributed by atoms with Crippen molar-refractivity contribution in [2.45, 2.75) is 38.0 Å². The molecule has 1 aromatic heterocycles. The molecule has 1 N–H and O–H groups in total. The summed E-state index contributed by atoms with van der Waals surface area (Å²) in [7, 11) is 1.47. The first-order valence-electron chi connectivity index (χ1n) is 13.4. The van der Waals surface area contributed by atoms with E-state index in [1.807, 2.05) is 42.5 Å². The van der Waals surface area contributed by atoms with Crippen molar-refractivity contribution in [2.24, 2.45) is 5.92 Å². The quantitative estimate of drug-likeness (QED) is 0.266. The van der Waals surface area contributed by atoms with E-state index in [1.165, 1.54) is 19.2 Å². The minimum absolute atomic E-state index is 0.0183. The monoisotopic (exact) mass is 582 g/mol. The maximum absolute atomic E-state index is 13.1. The summed E-state index contributed by atoms with van der Waals surface area (Å²) in [6.45, 7) is 2.66. The number of likely N-dealkylation sites (tertiary alicyclic amines) is 1. The molecular weight excluding hydrogens is 553 g/mol. The van der Waals surface area contributed by atoms with Gasteiger partial charge in [-0.25, -0.2) is 4.98 Å². The molecule has 0 radical (unpaired) electrons. The molecule has 0 saturated carbocycles. The van der Waals surface area contributed by atoms with E-state index >= 15 is 0 Å². The van der Waals surface area contributed by atoms with Crippen LogP contribution in [-0.2, 0) is 23.0 Å². The molecule has 1 amide bonds. The number of nitrogens with zero attached hydrogens (tertiary/aromatic N) is 2. The van der Waals surface area contributed by atoms with Crippen LogP contribution in [0.1, 0.15) is 47.6 Å². The van der Waals surface area contributed by atoms with Crippen molar-refractivity contribution < 1.29 is 27.8 Å². The highest BCUT2D eigenvalue weighted by Gasteiger charge is 2.42. The zero-order valence-electron chi connectivity index (χ0n) is 22.7. The summed E-state index contributed by atoms with van der Waals surface area (Å²) in [5.41, 5.74) is 1.03. The number of methoxy groups -OCH3 is 1. The number of piperidine rings is 1. The Hall–Kier alpha value is -3.62.